The van der Waals surface area contributed by atoms with E-state index in [0.29, 0.717) is 32.2 Å². The second-order valence-corrected chi connectivity index (χ2v) is 6.55. The molecule has 0 bridgehead atoms. The highest BCUT2D eigenvalue weighted by atomic mass is 32.1. The maximum absolute atomic E-state index is 10.1. The highest BCUT2D eigenvalue weighted by Crippen LogP contribution is 2.15. The zero-order chi connectivity index (χ0) is 16.1. The van der Waals surface area contributed by atoms with Gasteiger partial charge in [-0.15, -0.1) is 11.3 Å². The van der Waals surface area contributed by atoms with Crippen LogP contribution in [0.1, 0.15) is 10.8 Å². The molecule has 2 aromatic heterocycles. The van der Waals surface area contributed by atoms with Gasteiger partial charge >= 0.3 is 0 Å². The molecule has 0 spiro atoms. The quantitative estimate of drug-likeness (QED) is 0.687. The van der Waals surface area contributed by atoms with Crippen LogP contribution in [0.5, 0.6) is 0 Å². The number of hydrogen-bond donors (Lipinski definition) is 1. The summed E-state index contributed by atoms with van der Waals surface area (Å²) in [6.45, 7) is 1.92. The summed E-state index contributed by atoms with van der Waals surface area (Å²) in [6, 6.07) is 11.7. The van der Waals surface area contributed by atoms with Gasteiger partial charge in [-0.05, 0) is 30.6 Å². The van der Waals surface area contributed by atoms with Gasteiger partial charge in [0, 0.05) is 11.4 Å². The number of fused-ring (bicyclic) bond motifs is 1. The number of aliphatic hydroxyl groups excluding tert-OH is 1. The first-order valence-corrected chi connectivity index (χ1v) is 8.40. The van der Waals surface area contributed by atoms with Gasteiger partial charge in [0.05, 0.1) is 25.9 Å². The summed E-state index contributed by atoms with van der Waals surface area (Å²) in [5.74, 6) is 0.653. The Labute approximate surface area is 139 Å². The number of likely N-dealkylation sites (N-methyl/N-ethyl adjacent to an activating group) is 1. The number of oxazole rings is 1. The minimum atomic E-state index is -0.538. The van der Waals surface area contributed by atoms with Gasteiger partial charge in [-0.1, -0.05) is 18.2 Å². The lowest BCUT2D eigenvalue weighted by atomic mass is 10.3. The Morgan fingerprint density at radius 2 is 2.17 bits per heavy atom. The molecule has 3 aromatic rings. The van der Waals surface area contributed by atoms with Gasteiger partial charge < -0.3 is 14.3 Å². The van der Waals surface area contributed by atoms with Crippen LogP contribution < -0.4 is 0 Å². The number of para-hydroxylation sites is 2. The first kappa shape index (κ1) is 16.1. The first-order chi connectivity index (χ1) is 11.2. The molecular formula is C17H20N2O3S. The van der Waals surface area contributed by atoms with Crippen molar-refractivity contribution in [2.45, 2.75) is 19.3 Å². The monoisotopic (exact) mass is 332 g/mol. The van der Waals surface area contributed by atoms with E-state index in [4.69, 9.17) is 9.15 Å². The minimum absolute atomic E-state index is 0.315. The standard InChI is InChI=1S/C17H20N2O3S/c1-19(9-13(20)11-21-12-14-5-4-8-23-14)10-17-18-15-6-2-3-7-16(15)22-17/h2-8,13,20H,9-12H2,1H3. The van der Waals surface area contributed by atoms with Crippen molar-refractivity contribution in [2.24, 2.45) is 0 Å². The lowest BCUT2D eigenvalue weighted by molar-refractivity contribution is 0.0126. The third-order valence-electron chi connectivity index (χ3n) is 3.40. The molecule has 3 rings (SSSR count). The Balaban J connectivity index is 1.43. The molecule has 1 atom stereocenters. The fourth-order valence-corrected chi connectivity index (χ4v) is 3.03. The molecule has 0 amide bonds. The molecule has 0 saturated carbocycles. The average molecular weight is 332 g/mol. The molecule has 0 aliphatic heterocycles. The molecule has 0 aliphatic rings. The van der Waals surface area contributed by atoms with E-state index in [1.165, 1.54) is 0 Å². The van der Waals surface area contributed by atoms with E-state index in [1.807, 2.05) is 53.7 Å². The van der Waals surface area contributed by atoms with E-state index in [9.17, 15) is 5.11 Å². The highest BCUT2D eigenvalue weighted by Gasteiger charge is 2.12. The molecule has 1 unspecified atom stereocenters. The number of aliphatic hydroxyl groups is 1. The fraction of sp³-hybridized carbons (Fsp3) is 0.353. The van der Waals surface area contributed by atoms with Crippen LogP contribution in [0.3, 0.4) is 0 Å². The highest BCUT2D eigenvalue weighted by molar-refractivity contribution is 7.09. The van der Waals surface area contributed by atoms with Crippen LogP contribution >= 0.6 is 11.3 Å². The zero-order valence-corrected chi connectivity index (χ0v) is 13.8. The number of aromatic nitrogens is 1. The Morgan fingerprint density at radius 3 is 2.96 bits per heavy atom. The zero-order valence-electron chi connectivity index (χ0n) is 13.0. The van der Waals surface area contributed by atoms with Gasteiger partial charge in [-0.25, -0.2) is 4.98 Å². The van der Waals surface area contributed by atoms with Crippen LogP contribution in [0.2, 0.25) is 0 Å². The predicted octanol–water partition coefficient (Wildman–Crippen LogP) is 2.90. The first-order valence-electron chi connectivity index (χ1n) is 7.52. The largest absolute Gasteiger partial charge is 0.439 e. The third-order valence-corrected chi connectivity index (χ3v) is 4.25. The number of hydrogen-bond acceptors (Lipinski definition) is 6. The molecule has 0 aliphatic carbocycles. The van der Waals surface area contributed by atoms with Gasteiger partial charge in [0.15, 0.2) is 5.58 Å². The van der Waals surface area contributed by atoms with Gasteiger partial charge in [0.2, 0.25) is 5.89 Å². The van der Waals surface area contributed by atoms with Crippen LogP contribution in [0.25, 0.3) is 11.1 Å². The molecule has 6 heteroatoms. The lowest BCUT2D eigenvalue weighted by Crippen LogP contribution is -2.31. The second-order valence-electron chi connectivity index (χ2n) is 5.52. The van der Waals surface area contributed by atoms with Crippen LogP contribution in [0.15, 0.2) is 46.2 Å². The second kappa shape index (κ2) is 7.70. The van der Waals surface area contributed by atoms with E-state index in [2.05, 4.69) is 4.98 Å². The van der Waals surface area contributed by atoms with Crippen LogP contribution in [0.4, 0.5) is 0 Å². The predicted molar refractivity (Wildman–Crippen MR) is 90.3 cm³/mol. The van der Waals surface area contributed by atoms with E-state index in [1.54, 1.807) is 11.3 Å². The molecule has 0 fully saturated rings. The number of nitrogens with zero attached hydrogens (tertiary/aromatic N) is 2. The van der Waals surface area contributed by atoms with Gasteiger partial charge in [0.1, 0.15) is 5.52 Å². The van der Waals surface area contributed by atoms with Crippen molar-refractivity contribution in [3.05, 3.63) is 52.5 Å². The van der Waals surface area contributed by atoms with E-state index in [-0.39, 0.29) is 0 Å². The van der Waals surface area contributed by atoms with E-state index in [0.717, 1.165) is 16.0 Å². The summed E-state index contributed by atoms with van der Waals surface area (Å²) in [7, 11) is 1.93. The van der Waals surface area contributed by atoms with E-state index < -0.39 is 6.10 Å². The molecule has 5 nitrogen and oxygen atoms in total. The van der Waals surface area contributed by atoms with Crippen LogP contribution in [-0.4, -0.2) is 41.3 Å². The van der Waals surface area contributed by atoms with Crippen molar-refractivity contribution in [1.29, 1.82) is 0 Å². The molecule has 2 heterocycles. The topological polar surface area (TPSA) is 58.7 Å². The molecule has 1 aromatic carbocycles. The Hall–Kier alpha value is -1.73. The Bertz CT molecular complexity index is 693. The minimum Gasteiger partial charge on any atom is -0.439 e. The molecule has 0 radical (unpaired) electrons. The number of rotatable bonds is 8. The summed E-state index contributed by atoms with van der Waals surface area (Å²) in [5, 5.41) is 12.1. The summed E-state index contributed by atoms with van der Waals surface area (Å²) in [4.78, 5) is 7.58. The van der Waals surface area contributed by atoms with Crippen molar-refractivity contribution >= 4 is 22.4 Å². The summed E-state index contributed by atoms with van der Waals surface area (Å²) >= 11 is 1.65. The molecule has 122 valence electrons. The Kier molecular flexibility index (Phi) is 5.40. The summed E-state index contributed by atoms with van der Waals surface area (Å²) < 4.78 is 11.2. The number of ether oxygens (including phenoxy) is 1. The molecule has 23 heavy (non-hydrogen) atoms. The molecule has 1 N–H and O–H groups in total. The SMILES string of the molecule is CN(Cc1nc2ccccc2o1)CC(O)COCc1cccs1. The third kappa shape index (κ3) is 4.62. The summed E-state index contributed by atoms with van der Waals surface area (Å²) in [5.41, 5.74) is 1.64. The van der Waals surface area contributed by atoms with Crippen molar-refractivity contribution < 1.29 is 14.3 Å². The van der Waals surface area contributed by atoms with Crippen molar-refractivity contribution in [3.8, 4) is 0 Å². The van der Waals surface area contributed by atoms with E-state index >= 15 is 0 Å². The van der Waals surface area contributed by atoms with Gasteiger partial charge in [-0.3, -0.25) is 4.90 Å². The average Bonchev–Trinajstić information content (AvgIpc) is 3.15. The maximum atomic E-state index is 10.1. The van der Waals surface area contributed by atoms with Crippen molar-refractivity contribution in [2.75, 3.05) is 20.2 Å². The molecule has 0 saturated heterocycles. The van der Waals surface area contributed by atoms with Crippen LogP contribution in [0, 0.1) is 0 Å². The Morgan fingerprint density at radius 1 is 1.30 bits per heavy atom. The normalized spacial score (nSPS) is 13.0. The summed E-state index contributed by atoms with van der Waals surface area (Å²) in [6.07, 6.45) is -0.538. The van der Waals surface area contributed by atoms with Crippen LogP contribution in [-0.2, 0) is 17.9 Å². The van der Waals surface area contributed by atoms with Gasteiger partial charge in [-0.2, -0.15) is 0 Å². The maximum Gasteiger partial charge on any atom is 0.209 e. The fourth-order valence-electron chi connectivity index (χ4n) is 2.39. The number of thiophene rings is 1. The van der Waals surface area contributed by atoms with Crippen molar-refractivity contribution in [3.63, 3.8) is 0 Å². The number of benzene rings is 1. The lowest BCUT2D eigenvalue weighted by Gasteiger charge is -2.18. The molecular weight excluding hydrogens is 312 g/mol. The van der Waals surface area contributed by atoms with Gasteiger partial charge in [0.25, 0.3) is 0 Å². The van der Waals surface area contributed by atoms with Crippen molar-refractivity contribution in [1.82, 2.24) is 9.88 Å². The smallest absolute Gasteiger partial charge is 0.209 e.